The van der Waals surface area contributed by atoms with E-state index < -0.39 is 6.04 Å². The maximum absolute atomic E-state index is 14.6. The molecular formula is C29H33FN2O2S. The van der Waals surface area contributed by atoms with Gasteiger partial charge in [-0.3, -0.25) is 9.59 Å². The second kappa shape index (κ2) is 13.7. The minimum Gasteiger partial charge on any atom is -0.354 e. The van der Waals surface area contributed by atoms with Gasteiger partial charge in [0, 0.05) is 30.8 Å². The summed E-state index contributed by atoms with van der Waals surface area (Å²) in [6.07, 6.45) is 1.15. The first kappa shape index (κ1) is 26.5. The highest BCUT2D eigenvalue weighted by Crippen LogP contribution is 2.20. The lowest BCUT2D eigenvalue weighted by Crippen LogP contribution is -2.51. The fourth-order valence-corrected chi connectivity index (χ4v) is 4.73. The van der Waals surface area contributed by atoms with Crippen LogP contribution in [0.1, 0.15) is 35.6 Å². The van der Waals surface area contributed by atoms with Gasteiger partial charge in [-0.25, -0.2) is 4.39 Å². The number of nitrogens with zero attached hydrogens (tertiary/aromatic N) is 1. The van der Waals surface area contributed by atoms with Crippen molar-refractivity contribution in [2.24, 2.45) is 0 Å². The molecule has 1 atom stereocenters. The highest BCUT2D eigenvalue weighted by atomic mass is 32.2. The Balaban J connectivity index is 1.84. The molecule has 0 aromatic heterocycles. The van der Waals surface area contributed by atoms with Gasteiger partial charge in [0.2, 0.25) is 11.8 Å². The van der Waals surface area contributed by atoms with E-state index in [1.54, 1.807) is 23.1 Å². The maximum atomic E-state index is 14.6. The Hall–Kier alpha value is -3.12. The Morgan fingerprint density at radius 3 is 2.40 bits per heavy atom. The molecule has 1 N–H and O–H groups in total. The van der Waals surface area contributed by atoms with Crippen LogP contribution in [0.3, 0.4) is 0 Å². The Morgan fingerprint density at radius 2 is 1.69 bits per heavy atom. The summed E-state index contributed by atoms with van der Waals surface area (Å²) in [4.78, 5) is 28.3. The molecule has 0 bridgehead atoms. The third-order valence-electron chi connectivity index (χ3n) is 5.70. The zero-order chi connectivity index (χ0) is 25.0. The number of thioether (sulfide) groups is 1. The molecule has 0 saturated heterocycles. The fourth-order valence-electron chi connectivity index (χ4n) is 3.87. The standard InChI is InChI=1S/C29H33FN2O2S/c1-3-16-31-29(34)27(18-23-11-5-4-6-12-23)32(19-25-14-7-8-15-26(25)30)28(33)21-35-20-24-13-9-10-22(2)17-24/h4-15,17,27H,3,16,18-21H2,1-2H3,(H,31,34)/t27-/m1/s1. The molecule has 2 amide bonds. The van der Waals surface area contributed by atoms with E-state index in [1.807, 2.05) is 62.4 Å². The summed E-state index contributed by atoms with van der Waals surface area (Å²) < 4.78 is 14.6. The van der Waals surface area contributed by atoms with Crippen LogP contribution in [0.4, 0.5) is 4.39 Å². The number of rotatable bonds is 12. The SMILES string of the molecule is CCCNC(=O)[C@@H](Cc1ccccc1)N(Cc1ccccc1F)C(=O)CSCc1cccc(C)c1. The molecule has 0 aliphatic carbocycles. The van der Waals surface area contributed by atoms with Crippen molar-refractivity contribution in [2.75, 3.05) is 12.3 Å². The number of halogens is 1. The van der Waals surface area contributed by atoms with Crippen LogP contribution < -0.4 is 5.32 Å². The van der Waals surface area contributed by atoms with E-state index in [4.69, 9.17) is 0 Å². The summed E-state index contributed by atoms with van der Waals surface area (Å²) in [6, 6.07) is 23.5. The summed E-state index contributed by atoms with van der Waals surface area (Å²) in [5.41, 5.74) is 3.66. The van der Waals surface area contributed by atoms with Crippen LogP contribution in [-0.2, 0) is 28.3 Å². The number of aryl methyl sites for hydroxylation is 1. The molecule has 0 unspecified atom stereocenters. The van der Waals surface area contributed by atoms with Crippen molar-refractivity contribution < 1.29 is 14.0 Å². The van der Waals surface area contributed by atoms with E-state index in [1.165, 1.54) is 23.4 Å². The molecule has 0 radical (unpaired) electrons. The van der Waals surface area contributed by atoms with Gasteiger partial charge in [-0.15, -0.1) is 11.8 Å². The van der Waals surface area contributed by atoms with Gasteiger partial charge in [0.05, 0.1) is 5.75 Å². The molecule has 3 aromatic rings. The van der Waals surface area contributed by atoms with Crippen molar-refractivity contribution in [2.45, 2.75) is 45.0 Å². The molecule has 0 saturated carbocycles. The smallest absolute Gasteiger partial charge is 0.243 e. The molecule has 35 heavy (non-hydrogen) atoms. The molecule has 3 aromatic carbocycles. The molecule has 0 heterocycles. The second-order valence-electron chi connectivity index (χ2n) is 8.59. The van der Waals surface area contributed by atoms with E-state index in [0.29, 0.717) is 24.3 Å². The van der Waals surface area contributed by atoms with Crippen LogP contribution in [0.5, 0.6) is 0 Å². The predicted molar refractivity (Wildman–Crippen MR) is 142 cm³/mol. The molecule has 0 spiro atoms. The number of benzene rings is 3. The number of hydrogen-bond donors (Lipinski definition) is 1. The normalized spacial score (nSPS) is 11.6. The van der Waals surface area contributed by atoms with E-state index in [2.05, 4.69) is 11.4 Å². The first-order valence-electron chi connectivity index (χ1n) is 12.0. The fraction of sp³-hybridized carbons (Fsp3) is 0.310. The summed E-state index contributed by atoms with van der Waals surface area (Å²) in [6.45, 7) is 4.58. The van der Waals surface area contributed by atoms with Gasteiger partial charge in [0.15, 0.2) is 0 Å². The molecule has 0 aliphatic rings. The van der Waals surface area contributed by atoms with Gasteiger partial charge in [-0.1, -0.05) is 85.3 Å². The molecule has 6 heteroatoms. The summed E-state index contributed by atoms with van der Waals surface area (Å²) in [5.74, 6) is 0.105. The first-order chi connectivity index (χ1) is 17.0. The van der Waals surface area contributed by atoms with Crippen molar-refractivity contribution in [3.05, 3.63) is 107 Å². The lowest BCUT2D eigenvalue weighted by Gasteiger charge is -2.31. The number of nitrogens with one attached hydrogen (secondary N) is 1. The van der Waals surface area contributed by atoms with Crippen molar-refractivity contribution in [3.8, 4) is 0 Å². The van der Waals surface area contributed by atoms with E-state index in [9.17, 15) is 14.0 Å². The van der Waals surface area contributed by atoms with Crippen molar-refractivity contribution in [1.29, 1.82) is 0 Å². The van der Waals surface area contributed by atoms with Gasteiger partial charge < -0.3 is 10.2 Å². The molecule has 4 nitrogen and oxygen atoms in total. The van der Waals surface area contributed by atoms with Gasteiger partial charge in [-0.2, -0.15) is 0 Å². The minimum atomic E-state index is -0.740. The van der Waals surface area contributed by atoms with Crippen LogP contribution in [0.25, 0.3) is 0 Å². The number of hydrogen-bond acceptors (Lipinski definition) is 3. The third-order valence-corrected chi connectivity index (χ3v) is 6.68. The number of amides is 2. The van der Waals surface area contributed by atoms with Crippen molar-refractivity contribution >= 4 is 23.6 Å². The van der Waals surface area contributed by atoms with Crippen molar-refractivity contribution in [3.63, 3.8) is 0 Å². The van der Waals surface area contributed by atoms with Crippen LogP contribution in [0.2, 0.25) is 0 Å². The van der Waals surface area contributed by atoms with E-state index in [0.717, 1.165) is 17.5 Å². The molecule has 0 aliphatic heterocycles. The van der Waals surface area contributed by atoms with Gasteiger partial charge in [-0.05, 0) is 30.5 Å². The summed E-state index contributed by atoms with van der Waals surface area (Å²) >= 11 is 1.50. The molecule has 3 rings (SSSR count). The first-order valence-corrected chi connectivity index (χ1v) is 13.1. The topological polar surface area (TPSA) is 49.4 Å². The largest absolute Gasteiger partial charge is 0.354 e. The number of carbonyl (C=O) groups is 2. The molecular weight excluding hydrogens is 459 g/mol. The Morgan fingerprint density at radius 1 is 0.971 bits per heavy atom. The third kappa shape index (κ3) is 8.25. The molecule has 0 fully saturated rings. The Labute approximate surface area is 211 Å². The van der Waals surface area contributed by atoms with E-state index in [-0.39, 0.29) is 29.9 Å². The van der Waals surface area contributed by atoms with Gasteiger partial charge in [0.1, 0.15) is 11.9 Å². The second-order valence-corrected chi connectivity index (χ2v) is 9.58. The monoisotopic (exact) mass is 492 g/mol. The van der Waals surface area contributed by atoms with Crippen LogP contribution >= 0.6 is 11.8 Å². The van der Waals surface area contributed by atoms with Gasteiger partial charge in [0.25, 0.3) is 0 Å². The quantitative estimate of drug-likeness (QED) is 0.362. The number of carbonyl (C=O) groups excluding carboxylic acids is 2. The van der Waals surface area contributed by atoms with Gasteiger partial charge >= 0.3 is 0 Å². The minimum absolute atomic E-state index is 0.0353. The van der Waals surface area contributed by atoms with Crippen molar-refractivity contribution in [1.82, 2.24) is 10.2 Å². The lowest BCUT2D eigenvalue weighted by molar-refractivity contribution is -0.139. The van der Waals surface area contributed by atoms with Crippen LogP contribution in [0.15, 0.2) is 78.9 Å². The molecule has 184 valence electrons. The van der Waals surface area contributed by atoms with Crippen LogP contribution in [-0.4, -0.2) is 35.1 Å². The average molecular weight is 493 g/mol. The highest BCUT2D eigenvalue weighted by Gasteiger charge is 2.30. The summed E-state index contributed by atoms with van der Waals surface area (Å²) in [7, 11) is 0. The summed E-state index contributed by atoms with van der Waals surface area (Å²) in [5, 5.41) is 2.94. The van der Waals surface area contributed by atoms with Crippen LogP contribution in [0, 0.1) is 12.7 Å². The zero-order valence-electron chi connectivity index (χ0n) is 20.4. The maximum Gasteiger partial charge on any atom is 0.243 e. The Bertz CT molecular complexity index is 1110. The average Bonchev–Trinajstić information content (AvgIpc) is 2.86. The highest BCUT2D eigenvalue weighted by molar-refractivity contribution is 7.99. The predicted octanol–water partition coefficient (Wildman–Crippen LogP) is 5.53. The zero-order valence-corrected chi connectivity index (χ0v) is 21.2. The van der Waals surface area contributed by atoms with E-state index >= 15 is 0 Å². The Kier molecular flexibility index (Phi) is 10.4. The lowest BCUT2D eigenvalue weighted by atomic mass is 10.0.